The Morgan fingerprint density at radius 2 is 2.06 bits per heavy atom. The number of ether oxygens (including phenoxy) is 1. The van der Waals surface area contributed by atoms with Crippen LogP contribution in [0, 0.1) is 0 Å². The second kappa shape index (κ2) is 7.80. The molecule has 1 aliphatic carbocycles. The van der Waals surface area contributed by atoms with Gasteiger partial charge in [0, 0.05) is 35.8 Å². The molecule has 33 heavy (non-hydrogen) atoms. The Balaban J connectivity index is 1.33. The van der Waals surface area contributed by atoms with Gasteiger partial charge in [0.25, 0.3) is 17.7 Å². The minimum absolute atomic E-state index is 0.0670. The first-order valence-electron chi connectivity index (χ1n) is 10.6. The second-order valence-electron chi connectivity index (χ2n) is 8.43. The molecular weight excluding hydrogens is 426 g/mol. The summed E-state index contributed by atoms with van der Waals surface area (Å²) >= 11 is 0. The summed E-state index contributed by atoms with van der Waals surface area (Å²) < 4.78 is 5.31. The van der Waals surface area contributed by atoms with Crippen molar-refractivity contribution in [3.05, 3.63) is 59.0 Å². The van der Waals surface area contributed by atoms with Crippen molar-refractivity contribution >= 4 is 34.7 Å². The van der Waals surface area contributed by atoms with Gasteiger partial charge in [-0.15, -0.1) is 0 Å². The van der Waals surface area contributed by atoms with Crippen LogP contribution >= 0.6 is 0 Å². The molecule has 3 aliphatic rings. The molecule has 2 aliphatic heterocycles. The Bertz CT molecular complexity index is 1260. The van der Waals surface area contributed by atoms with Crippen molar-refractivity contribution in [3.8, 4) is 0 Å². The maximum absolute atomic E-state index is 13.0. The average Bonchev–Trinajstić information content (AvgIpc) is 3.47. The van der Waals surface area contributed by atoms with E-state index in [2.05, 4.69) is 20.9 Å². The van der Waals surface area contributed by atoms with Gasteiger partial charge in [-0.25, -0.2) is 4.79 Å². The first kappa shape index (κ1) is 20.8. The molecule has 1 aromatic carbocycles. The van der Waals surface area contributed by atoms with E-state index in [1.807, 2.05) is 18.2 Å². The van der Waals surface area contributed by atoms with Crippen molar-refractivity contribution in [3.63, 3.8) is 0 Å². The quantitative estimate of drug-likeness (QED) is 0.487. The molecule has 0 radical (unpaired) electrons. The highest BCUT2D eigenvalue weighted by molar-refractivity contribution is 6.08. The summed E-state index contributed by atoms with van der Waals surface area (Å²) in [5, 5.41) is 8.57. The smallest absolute Gasteiger partial charge is 0.322 e. The van der Waals surface area contributed by atoms with Gasteiger partial charge in [0.05, 0.1) is 26.0 Å². The van der Waals surface area contributed by atoms with E-state index in [1.165, 1.54) is 4.90 Å². The maximum atomic E-state index is 13.0. The fourth-order valence-corrected chi connectivity index (χ4v) is 4.57. The third kappa shape index (κ3) is 3.63. The van der Waals surface area contributed by atoms with Gasteiger partial charge in [-0.3, -0.25) is 19.7 Å². The summed E-state index contributed by atoms with van der Waals surface area (Å²) in [5.74, 6) is -0.347. The number of hydrogen-bond acceptors (Lipinski definition) is 5. The molecule has 0 spiro atoms. The predicted molar refractivity (Wildman–Crippen MR) is 118 cm³/mol. The lowest BCUT2D eigenvalue weighted by Crippen LogP contribution is -2.61. The van der Waals surface area contributed by atoms with Crippen LogP contribution in [0.15, 0.2) is 53.4 Å². The third-order valence-electron chi connectivity index (χ3n) is 6.36. The fourth-order valence-electron chi connectivity index (χ4n) is 4.57. The summed E-state index contributed by atoms with van der Waals surface area (Å²) in [4.78, 5) is 55.1. The van der Waals surface area contributed by atoms with Crippen LogP contribution in [-0.4, -0.2) is 65.9 Å². The molecule has 10 nitrogen and oxygen atoms in total. The monoisotopic (exact) mass is 449 g/mol. The highest BCUT2D eigenvalue weighted by atomic mass is 16.5. The van der Waals surface area contributed by atoms with Crippen molar-refractivity contribution in [1.29, 1.82) is 0 Å². The summed E-state index contributed by atoms with van der Waals surface area (Å²) in [5.41, 5.74) is 1.30. The van der Waals surface area contributed by atoms with Gasteiger partial charge in [-0.1, -0.05) is 6.07 Å². The van der Waals surface area contributed by atoms with E-state index in [1.54, 1.807) is 25.4 Å². The summed E-state index contributed by atoms with van der Waals surface area (Å²) in [7, 11) is 1.59. The molecule has 3 heterocycles. The summed E-state index contributed by atoms with van der Waals surface area (Å²) in [6.07, 6.45) is 4.84. The Labute approximate surface area is 189 Å². The number of methoxy groups -OCH3 is 1. The number of amides is 5. The molecule has 4 N–H and O–H groups in total. The number of aromatic amines is 1. The van der Waals surface area contributed by atoms with Crippen LogP contribution in [0.3, 0.4) is 0 Å². The molecule has 1 atom stereocenters. The molecule has 1 aromatic heterocycles. The maximum Gasteiger partial charge on any atom is 0.322 e. The number of carbonyl (C=O) groups is 4. The topological polar surface area (TPSA) is 133 Å². The molecule has 1 fully saturated rings. The van der Waals surface area contributed by atoms with Crippen LogP contribution in [0.25, 0.3) is 10.9 Å². The molecule has 1 saturated heterocycles. The number of H-pyrrole nitrogens is 1. The van der Waals surface area contributed by atoms with E-state index >= 15 is 0 Å². The SMILES string of the molecule is COC1=CC2=C(CC1)C(=O)N(CC1(CNC(=O)c3ccc4cc[nH]c4c3)NC(=O)NC1=O)C2. The number of urea groups is 1. The van der Waals surface area contributed by atoms with Gasteiger partial charge < -0.3 is 25.3 Å². The summed E-state index contributed by atoms with van der Waals surface area (Å²) in [6.45, 7) is 0.0750. The van der Waals surface area contributed by atoms with Gasteiger partial charge in [0.1, 0.15) is 0 Å². The number of nitrogens with zero attached hydrogens (tertiary/aromatic N) is 1. The van der Waals surface area contributed by atoms with E-state index in [0.29, 0.717) is 30.5 Å². The molecule has 2 aromatic rings. The number of rotatable bonds is 6. The Hall–Kier alpha value is -4.08. The molecule has 10 heteroatoms. The molecule has 5 amide bonds. The van der Waals surface area contributed by atoms with Crippen molar-refractivity contribution < 1.29 is 23.9 Å². The number of fused-ring (bicyclic) bond motifs is 1. The van der Waals surface area contributed by atoms with Crippen LogP contribution in [-0.2, 0) is 14.3 Å². The Morgan fingerprint density at radius 3 is 2.82 bits per heavy atom. The minimum Gasteiger partial charge on any atom is -0.501 e. The van der Waals surface area contributed by atoms with Gasteiger partial charge in [-0.2, -0.15) is 0 Å². The Morgan fingerprint density at radius 1 is 1.21 bits per heavy atom. The van der Waals surface area contributed by atoms with Gasteiger partial charge in [-0.05, 0) is 41.7 Å². The first-order chi connectivity index (χ1) is 15.9. The van der Waals surface area contributed by atoms with Crippen LogP contribution in [0.5, 0.6) is 0 Å². The number of aromatic nitrogens is 1. The van der Waals surface area contributed by atoms with E-state index in [-0.39, 0.29) is 19.0 Å². The van der Waals surface area contributed by atoms with Gasteiger partial charge in [0.2, 0.25) is 0 Å². The zero-order chi connectivity index (χ0) is 23.2. The zero-order valence-corrected chi connectivity index (χ0v) is 18.0. The standard InChI is InChI=1S/C23H23N5O5/c1-33-16-4-5-17-15(8-16)10-28(20(17)30)12-23(21(31)26-22(32)27-23)11-25-19(29)14-3-2-13-6-7-24-18(13)9-14/h2-3,6-9,24H,4-5,10-12H2,1H3,(H,25,29)(H2,26,27,31,32). The number of nitrogens with one attached hydrogen (secondary N) is 4. The van der Waals surface area contributed by atoms with Crippen molar-refractivity contribution in [2.45, 2.75) is 18.4 Å². The number of allylic oxidation sites excluding steroid dienone is 1. The van der Waals surface area contributed by atoms with Crippen molar-refractivity contribution in [2.75, 3.05) is 26.7 Å². The van der Waals surface area contributed by atoms with Crippen LogP contribution in [0.4, 0.5) is 4.79 Å². The molecule has 0 saturated carbocycles. The van der Waals surface area contributed by atoms with E-state index in [0.717, 1.165) is 22.2 Å². The van der Waals surface area contributed by atoms with E-state index in [9.17, 15) is 19.2 Å². The summed E-state index contributed by atoms with van der Waals surface area (Å²) in [6, 6.07) is 6.46. The van der Waals surface area contributed by atoms with Crippen molar-refractivity contribution in [2.24, 2.45) is 0 Å². The molecular formula is C23H23N5O5. The lowest BCUT2D eigenvalue weighted by molar-refractivity contribution is -0.129. The van der Waals surface area contributed by atoms with Gasteiger partial charge >= 0.3 is 6.03 Å². The third-order valence-corrected chi connectivity index (χ3v) is 6.36. The van der Waals surface area contributed by atoms with Gasteiger partial charge in [0.15, 0.2) is 5.54 Å². The minimum atomic E-state index is -1.47. The molecule has 0 bridgehead atoms. The molecule has 5 rings (SSSR count). The fraction of sp³-hybridized carbons (Fsp3) is 0.304. The number of hydrogen-bond donors (Lipinski definition) is 4. The zero-order valence-electron chi connectivity index (χ0n) is 18.0. The highest BCUT2D eigenvalue weighted by Crippen LogP contribution is 2.32. The van der Waals surface area contributed by atoms with E-state index in [4.69, 9.17) is 4.74 Å². The Kier molecular flexibility index (Phi) is 4.92. The first-order valence-corrected chi connectivity index (χ1v) is 10.6. The number of benzene rings is 1. The van der Waals surface area contributed by atoms with Crippen LogP contribution < -0.4 is 16.0 Å². The van der Waals surface area contributed by atoms with Crippen LogP contribution in [0.2, 0.25) is 0 Å². The van der Waals surface area contributed by atoms with Crippen molar-refractivity contribution in [1.82, 2.24) is 25.8 Å². The largest absolute Gasteiger partial charge is 0.501 e. The average molecular weight is 449 g/mol. The lowest BCUT2D eigenvalue weighted by Gasteiger charge is -2.31. The number of imide groups is 1. The molecule has 170 valence electrons. The number of carbonyl (C=O) groups excluding carboxylic acids is 4. The normalized spacial score (nSPS) is 22.3. The highest BCUT2D eigenvalue weighted by Gasteiger charge is 2.49. The molecule has 1 unspecified atom stereocenters. The predicted octanol–water partition coefficient (Wildman–Crippen LogP) is 0.939. The van der Waals surface area contributed by atoms with Crippen LogP contribution in [0.1, 0.15) is 23.2 Å². The van der Waals surface area contributed by atoms with E-state index < -0.39 is 23.4 Å². The second-order valence-corrected chi connectivity index (χ2v) is 8.43. The lowest BCUT2D eigenvalue weighted by atomic mass is 9.98.